The fourth-order valence-corrected chi connectivity index (χ4v) is 2.68. The van der Waals surface area contributed by atoms with Crippen molar-refractivity contribution in [1.29, 1.82) is 0 Å². The molecule has 0 atom stereocenters. The van der Waals surface area contributed by atoms with Gasteiger partial charge in [-0.2, -0.15) is 4.98 Å². The zero-order valence-corrected chi connectivity index (χ0v) is 15.7. The van der Waals surface area contributed by atoms with Crippen LogP contribution in [0.4, 0.5) is 17.5 Å². The number of halogens is 2. The summed E-state index contributed by atoms with van der Waals surface area (Å²) in [6, 6.07) is 15.1. The van der Waals surface area contributed by atoms with Gasteiger partial charge in [0.25, 0.3) is 0 Å². The van der Waals surface area contributed by atoms with Crippen LogP contribution in [0.3, 0.4) is 0 Å². The van der Waals surface area contributed by atoms with E-state index in [0.717, 1.165) is 30.2 Å². The van der Waals surface area contributed by atoms with Crippen LogP contribution in [0.15, 0.2) is 54.7 Å². The zero-order chi connectivity index (χ0) is 18.4. The van der Waals surface area contributed by atoms with Crippen molar-refractivity contribution in [3.8, 4) is 5.75 Å². The SMILES string of the molecule is COc1cccc(CCNc2ccnc(Nc3ccc(Cl)c(Cl)c3)n2)c1. The van der Waals surface area contributed by atoms with Gasteiger partial charge in [0.2, 0.25) is 5.95 Å². The molecule has 1 aromatic heterocycles. The van der Waals surface area contributed by atoms with Gasteiger partial charge in [-0.15, -0.1) is 0 Å². The van der Waals surface area contributed by atoms with Gasteiger partial charge in [0, 0.05) is 18.4 Å². The molecule has 0 spiro atoms. The van der Waals surface area contributed by atoms with Crippen molar-refractivity contribution in [2.45, 2.75) is 6.42 Å². The molecule has 3 rings (SSSR count). The molecule has 0 aliphatic carbocycles. The van der Waals surface area contributed by atoms with Gasteiger partial charge in [0.1, 0.15) is 11.6 Å². The molecular formula is C19H18Cl2N4O. The molecule has 0 aliphatic rings. The minimum absolute atomic E-state index is 0.476. The monoisotopic (exact) mass is 388 g/mol. The van der Waals surface area contributed by atoms with Crippen molar-refractivity contribution < 1.29 is 4.74 Å². The van der Waals surface area contributed by atoms with Gasteiger partial charge in [0.05, 0.1) is 17.2 Å². The Balaban J connectivity index is 1.59. The van der Waals surface area contributed by atoms with E-state index in [1.54, 1.807) is 25.4 Å². The first-order chi connectivity index (χ1) is 12.6. The average Bonchev–Trinajstić information content (AvgIpc) is 2.65. The number of rotatable bonds is 7. The number of nitrogens with one attached hydrogen (secondary N) is 2. The molecule has 2 aromatic carbocycles. The van der Waals surface area contributed by atoms with Crippen LogP contribution in [0.1, 0.15) is 5.56 Å². The summed E-state index contributed by atoms with van der Waals surface area (Å²) in [5.74, 6) is 2.08. The van der Waals surface area contributed by atoms with Crippen LogP contribution in [-0.4, -0.2) is 23.6 Å². The summed E-state index contributed by atoms with van der Waals surface area (Å²) in [5.41, 5.74) is 1.97. The number of aromatic nitrogens is 2. The van der Waals surface area contributed by atoms with E-state index in [-0.39, 0.29) is 0 Å². The summed E-state index contributed by atoms with van der Waals surface area (Å²) in [7, 11) is 1.67. The van der Waals surface area contributed by atoms with Gasteiger partial charge in [0.15, 0.2) is 0 Å². The lowest BCUT2D eigenvalue weighted by Gasteiger charge is -2.09. The van der Waals surface area contributed by atoms with E-state index >= 15 is 0 Å². The average molecular weight is 389 g/mol. The Morgan fingerprint density at radius 2 is 1.92 bits per heavy atom. The van der Waals surface area contributed by atoms with E-state index < -0.39 is 0 Å². The Labute approximate surface area is 162 Å². The first-order valence-corrected chi connectivity index (χ1v) is 8.81. The highest BCUT2D eigenvalue weighted by Gasteiger charge is 2.03. The number of nitrogens with zero attached hydrogens (tertiary/aromatic N) is 2. The summed E-state index contributed by atoms with van der Waals surface area (Å²) < 4.78 is 5.24. The Morgan fingerprint density at radius 3 is 2.73 bits per heavy atom. The van der Waals surface area contributed by atoms with Crippen molar-refractivity contribution in [2.75, 3.05) is 24.3 Å². The Bertz CT molecular complexity index is 889. The Hall–Kier alpha value is -2.50. The molecule has 1 heterocycles. The second-order valence-corrected chi connectivity index (χ2v) is 6.36. The molecule has 2 N–H and O–H groups in total. The normalized spacial score (nSPS) is 10.4. The molecular weight excluding hydrogens is 371 g/mol. The van der Waals surface area contributed by atoms with Crippen LogP contribution in [0, 0.1) is 0 Å². The van der Waals surface area contributed by atoms with E-state index in [2.05, 4.69) is 26.7 Å². The first-order valence-electron chi connectivity index (χ1n) is 8.06. The highest BCUT2D eigenvalue weighted by molar-refractivity contribution is 6.42. The van der Waals surface area contributed by atoms with Crippen LogP contribution in [-0.2, 0) is 6.42 Å². The summed E-state index contributed by atoms with van der Waals surface area (Å²) in [6.45, 7) is 0.746. The number of ether oxygens (including phenoxy) is 1. The van der Waals surface area contributed by atoms with E-state index in [1.807, 2.05) is 30.3 Å². The lowest BCUT2D eigenvalue weighted by Crippen LogP contribution is -2.08. The molecule has 7 heteroatoms. The quantitative estimate of drug-likeness (QED) is 0.582. The fraction of sp³-hybridized carbons (Fsp3) is 0.158. The molecule has 3 aromatic rings. The summed E-state index contributed by atoms with van der Waals surface area (Å²) in [6.07, 6.45) is 2.55. The standard InChI is InChI=1S/C19H18Cl2N4O/c1-26-15-4-2-3-13(11-15)7-9-22-18-8-10-23-19(25-18)24-14-5-6-16(20)17(21)12-14/h2-6,8,10-12H,7,9H2,1H3,(H2,22,23,24,25). The topological polar surface area (TPSA) is 59.1 Å². The van der Waals surface area contributed by atoms with E-state index in [4.69, 9.17) is 27.9 Å². The summed E-state index contributed by atoms with van der Waals surface area (Å²) >= 11 is 12.0. The van der Waals surface area contributed by atoms with E-state index in [9.17, 15) is 0 Å². The molecule has 134 valence electrons. The second kappa shape index (κ2) is 8.74. The minimum atomic E-state index is 0.476. The van der Waals surface area contributed by atoms with Gasteiger partial charge in [-0.25, -0.2) is 4.98 Å². The molecule has 0 bridgehead atoms. The van der Waals surface area contributed by atoms with Gasteiger partial charge < -0.3 is 15.4 Å². The van der Waals surface area contributed by atoms with Crippen LogP contribution in [0.5, 0.6) is 5.75 Å². The molecule has 0 amide bonds. The van der Waals surface area contributed by atoms with Crippen LogP contribution in [0.2, 0.25) is 10.0 Å². The smallest absolute Gasteiger partial charge is 0.229 e. The molecule has 0 radical (unpaired) electrons. The Morgan fingerprint density at radius 1 is 1.04 bits per heavy atom. The number of benzene rings is 2. The molecule has 0 saturated heterocycles. The molecule has 26 heavy (non-hydrogen) atoms. The fourth-order valence-electron chi connectivity index (χ4n) is 2.38. The highest BCUT2D eigenvalue weighted by atomic mass is 35.5. The second-order valence-electron chi connectivity index (χ2n) is 5.55. The lowest BCUT2D eigenvalue weighted by molar-refractivity contribution is 0.414. The molecule has 5 nitrogen and oxygen atoms in total. The van der Waals surface area contributed by atoms with Gasteiger partial charge >= 0.3 is 0 Å². The number of methoxy groups -OCH3 is 1. The van der Waals surface area contributed by atoms with Crippen molar-refractivity contribution in [3.05, 3.63) is 70.3 Å². The predicted molar refractivity (Wildman–Crippen MR) is 107 cm³/mol. The molecule has 0 unspecified atom stereocenters. The van der Waals surface area contributed by atoms with Crippen LogP contribution in [0.25, 0.3) is 0 Å². The van der Waals surface area contributed by atoms with Crippen molar-refractivity contribution in [1.82, 2.24) is 9.97 Å². The van der Waals surface area contributed by atoms with Crippen molar-refractivity contribution in [3.63, 3.8) is 0 Å². The summed E-state index contributed by atoms with van der Waals surface area (Å²) in [4.78, 5) is 8.67. The third-order valence-electron chi connectivity index (χ3n) is 3.69. The highest BCUT2D eigenvalue weighted by Crippen LogP contribution is 2.26. The van der Waals surface area contributed by atoms with Gasteiger partial charge in [-0.05, 0) is 48.4 Å². The maximum Gasteiger partial charge on any atom is 0.229 e. The van der Waals surface area contributed by atoms with Gasteiger partial charge in [-0.1, -0.05) is 35.3 Å². The number of hydrogen-bond donors (Lipinski definition) is 2. The number of hydrogen-bond acceptors (Lipinski definition) is 5. The number of anilines is 3. The predicted octanol–water partition coefficient (Wildman–Crippen LogP) is 5.19. The third kappa shape index (κ3) is 5.00. The lowest BCUT2D eigenvalue weighted by atomic mass is 10.1. The van der Waals surface area contributed by atoms with Crippen LogP contribution >= 0.6 is 23.2 Å². The first kappa shape index (κ1) is 18.3. The maximum atomic E-state index is 6.03. The molecule has 0 aliphatic heterocycles. The zero-order valence-electron chi connectivity index (χ0n) is 14.2. The van der Waals surface area contributed by atoms with E-state index in [0.29, 0.717) is 16.0 Å². The molecule has 0 fully saturated rings. The third-order valence-corrected chi connectivity index (χ3v) is 4.42. The summed E-state index contributed by atoms with van der Waals surface area (Å²) in [5, 5.41) is 7.39. The van der Waals surface area contributed by atoms with Crippen molar-refractivity contribution in [2.24, 2.45) is 0 Å². The minimum Gasteiger partial charge on any atom is -0.497 e. The van der Waals surface area contributed by atoms with Gasteiger partial charge in [-0.3, -0.25) is 0 Å². The largest absolute Gasteiger partial charge is 0.497 e. The van der Waals surface area contributed by atoms with Crippen molar-refractivity contribution >= 4 is 40.7 Å². The van der Waals surface area contributed by atoms with E-state index in [1.165, 1.54) is 5.56 Å². The molecule has 0 saturated carbocycles. The maximum absolute atomic E-state index is 6.03. The van der Waals surface area contributed by atoms with Crippen LogP contribution < -0.4 is 15.4 Å². The Kier molecular flexibility index (Phi) is 6.15.